The summed E-state index contributed by atoms with van der Waals surface area (Å²) in [5.41, 5.74) is 0.284. The predicted octanol–water partition coefficient (Wildman–Crippen LogP) is 2.08. The Bertz CT molecular complexity index is 269. The van der Waals surface area contributed by atoms with E-state index in [2.05, 4.69) is 31.4 Å². The molecule has 16 heavy (non-hydrogen) atoms. The van der Waals surface area contributed by atoms with Crippen molar-refractivity contribution in [2.24, 2.45) is 4.99 Å². The second-order valence-electron chi connectivity index (χ2n) is 6.17. The van der Waals surface area contributed by atoms with Crippen molar-refractivity contribution in [2.45, 2.75) is 64.0 Å². The van der Waals surface area contributed by atoms with Crippen LogP contribution < -0.4 is 10.6 Å². The summed E-state index contributed by atoms with van der Waals surface area (Å²) in [6.07, 6.45) is 6.53. The zero-order valence-corrected chi connectivity index (χ0v) is 10.9. The lowest BCUT2D eigenvalue weighted by molar-refractivity contribution is 0.291. The molecule has 0 atom stereocenters. The van der Waals surface area contributed by atoms with E-state index < -0.39 is 0 Å². The molecule has 92 valence electrons. The highest BCUT2D eigenvalue weighted by molar-refractivity contribution is 5.92. The summed E-state index contributed by atoms with van der Waals surface area (Å²) in [6, 6.07) is 0. The van der Waals surface area contributed by atoms with Crippen LogP contribution in [0.5, 0.6) is 0 Å². The highest BCUT2D eigenvalue weighted by Crippen LogP contribution is 2.30. The first kappa shape index (κ1) is 11.9. The van der Waals surface area contributed by atoms with Crippen molar-refractivity contribution in [1.82, 2.24) is 10.6 Å². The average molecular weight is 223 g/mol. The largest absolute Gasteiger partial charge is 0.368 e. The molecule has 0 bridgehead atoms. The first-order valence-corrected chi connectivity index (χ1v) is 6.60. The monoisotopic (exact) mass is 223 g/mol. The fourth-order valence-electron chi connectivity index (χ4n) is 2.78. The van der Waals surface area contributed by atoms with Crippen LogP contribution in [0.2, 0.25) is 0 Å². The molecule has 0 saturated heterocycles. The van der Waals surface area contributed by atoms with Gasteiger partial charge in [-0.1, -0.05) is 19.3 Å². The first-order chi connectivity index (χ1) is 7.52. The van der Waals surface area contributed by atoms with Gasteiger partial charge >= 0.3 is 0 Å². The van der Waals surface area contributed by atoms with Crippen LogP contribution in [0.3, 0.4) is 0 Å². The fourth-order valence-corrected chi connectivity index (χ4v) is 2.78. The summed E-state index contributed by atoms with van der Waals surface area (Å²) in [5.74, 6) is 1.21. The molecule has 2 rings (SSSR count). The van der Waals surface area contributed by atoms with E-state index in [4.69, 9.17) is 4.99 Å². The molecule has 1 aliphatic heterocycles. The second kappa shape index (κ2) is 4.36. The van der Waals surface area contributed by atoms with Gasteiger partial charge in [0.25, 0.3) is 0 Å². The van der Waals surface area contributed by atoms with Crippen molar-refractivity contribution < 1.29 is 0 Å². The van der Waals surface area contributed by atoms with E-state index in [0.717, 1.165) is 13.1 Å². The Labute approximate surface area is 99.1 Å². The molecule has 1 heterocycles. The number of aliphatic imine (C=N–C) groups is 1. The molecule has 2 N–H and O–H groups in total. The number of hydrogen-bond acceptors (Lipinski definition) is 3. The highest BCUT2D eigenvalue weighted by Gasteiger charge is 2.39. The van der Waals surface area contributed by atoms with Crippen molar-refractivity contribution >= 4 is 5.84 Å². The number of rotatable bonds is 0. The fraction of sp³-hybridized carbons (Fsp3) is 0.923. The van der Waals surface area contributed by atoms with E-state index in [0.29, 0.717) is 0 Å². The van der Waals surface area contributed by atoms with Gasteiger partial charge in [-0.25, -0.2) is 0 Å². The molecule has 1 fully saturated rings. The maximum atomic E-state index is 4.73. The molecule has 1 spiro atoms. The predicted molar refractivity (Wildman–Crippen MR) is 69.0 cm³/mol. The Kier molecular flexibility index (Phi) is 3.24. The quantitative estimate of drug-likeness (QED) is 0.659. The number of amidine groups is 1. The van der Waals surface area contributed by atoms with Crippen molar-refractivity contribution in [2.75, 3.05) is 13.1 Å². The summed E-state index contributed by atoms with van der Waals surface area (Å²) in [4.78, 5) is 4.73. The van der Waals surface area contributed by atoms with Gasteiger partial charge in [0, 0.05) is 12.1 Å². The molecule has 1 aliphatic carbocycles. The topological polar surface area (TPSA) is 36.4 Å². The number of nitrogens with zero attached hydrogens (tertiary/aromatic N) is 1. The molecular weight excluding hydrogens is 198 g/mol. The maximum Gasteiger partial charge on any atom is 0.117 e. The van der Waals surface area contributed by atoms with Crippen LogP contribution >= 0.6 is 0 Å². The zero-order chi connectivity index (χ0) is 11.6. The van der Waals surface area contributed by atoms with E-state index in [-0.39, 0.29) is 11.1 Å². The standard InChI is InChI=1S/C13H25N3/c1-12(2,3)16-11-13(15-10-9-14-11)7-5-4-6-8-13/h15H,4-10H2,1-3H3,(H,14,16). The van der Waals surface area contributed by atoms with Gasteiger partial charge in [-0.05, 0) is 33.6 Å². The molecule has 0 aromatic rings. The normalized spacial score (nSPS) is 25.3. The highest BCUT2D eigenvalue weighted by atomic mass is 15.2. The van der Waals surface area contributed by atoms with Gasteiger partial charge in [0.1, 0.15) is 5.84 Å². The van der Waals surface area contributed by atoms with Crippen molar-refractivity contribution in [3.63, 3.8) is 0 Å². The minimum atomic E-state index is 0.113. The summed E-state index contributed by atoms with van der Waals surface area (Å²) in [7, 11) is 0. The lowest BCUT2D eigenvalue weighted by Gasteiger charge is -2.44. The van der Waals surface area contributed by atoms with Gasteiger partial charge in [0.05, 0.1) is 12.1 Å². The number of hydrogen-bond donors (Lipinski definition) is 2. The lowest BCUT2D eigenvalue weighted by Crippen LogP contribution is -2.63. The third-order valence-corrected chi connectivity index (χ3v) is 3.50. The third kappa shape index (κ3) is 2.57. The summed E-state index contributed by atoms with van der Waals surface area (Å²) in [5, 5.41) is 7.32. The Morgan fingerprint density at radius 1 is 1.19 bits per heavy atom. The minimum absolute atomic E-state index is 0.113. The van der Waals surface area contributed by atoms with E-state index in [9.17, 15) is 0 Å². The van der Waals surface area contributed by atoms with Crippen LogP contribution in [-0.2, 0) is 0 Å². The van der Waals surface area contributed by atoms with Crippen LogP contribution in [-0.4, -0.2) is 30.0 Å². The molecule has 2 aliphatic rings. The zero-order valence-electron chi connectivity index (χ0n) is 10.9. The molecule has 1 saturated carbocycles. The van der Waals surface area contributed by atoms with E-state index >= 15 is 0 Å². The Morgan fingerprint density at radius 3 is 2.50 bits per heavy atom. The van der Waals surface area contributed by atoms with Crippen molar-refractivity contribution in [3.05, 3.63) is 0 Å². The van der Waals surface area contributed by atoms with Crippen LogP contribution in [0.4, 0.5) is 0 Å². The molecule has 0 unspecified atom stereocenters. The Balaban J connectivity index is 2.15. The van der Waals surface area contributed by atoms with Crippen LogP contribution in [0.1, 0.15) is 52.9 Å². The smallest absolute Gasteiger partial charge is 0.117 e. The van der Waals surface area contributed by atoms with Crippen LogP contribution in [0.25, 0.3) is 0 Å². The molecule has 0 radical (unpaired) electrons. The summed E-state index contributed by atoms with van der Waals surface area (Å²) >= 11 is 0. The van der Waals surface area contributed by atoms with Gasteiger partial charge in [0.15, 0.2) is 0 Å². The summed E-state index contributed by atoms with van der Waals surface area (Å²) < 4.78 is 0. The van der Waals surface area contributed by atoms with E-state index in [1.807, 2.05) is 0 Å². The van der Waals surface area contributed by atoms with Gasteiger partial charge < -0.3 is 10.6 Å². The Morgan fingerprint density at radius 2 is 1.88 bits per heavy atom. The number of nitrogens with one attached hydrogen (secondary N) is 2. The van der Waals surface area contributed by atoms with E-state index in [1.165, 1.54) is 37.9 Å². The first-order valence-electron chi connectivity index (χ1n) is 6.60. The second-order valence-corrected chi connectivity index (χ2v) is 6.17. The van der Waals surface area contributed by atoms with Gasteiger partial charge in [-0.3, -0.25) is 4.99 Å². The lowest BCUT2D eigenvalue weighted by atomic mass is 9.79. The molecular formula is C13H25N3. The molecule has 0 aromatic heterocycles. The van der Waals surface area contributed by atoms with Gasteiger partial charge in [0.2, 0.25) is 0 Å². The minimum Gasteiger partial charge on any atom is -0.368 e. The maximum absolute atomic E-state index is 4.73. The molecule has 3 nitrogen and oxygen atoms in total. The van der Waals surface area contributed by atoms with Gasteiger partial charge in [-0.2, -0.15) is 0 Å². The van der Waals surface area contributed by atoms with Gasteiger partial charge in [-0.15, -0.1) is 0 Å². The SMILES string of the molecule is CC(C)(C)NC1=NCCNC12CCCCC2. The summed E-state index contributed by atoms with van der Waals surface area (Å²) in [6.45, 7) is 8.58. The van der Waals surface area contributed by atoms with Crippen molar-refractivity contribution in [1.29, 1.82) is 0 Å². The van der Waals surface area contributed by atoms with Crippen molar-refractivity contribution in [3.8, 4) is 0 Å². The van der Waals surface area contributed by atoms with E-state index in [1.54, 1.807) is 0 Å². The average Bonchev–Trinajstić information content (AvgIpc) is 2.21. The molecule has 0 amide bonds. The molecule has 3 heteroatoms. The Hall–Kier alpha value is -0.570. The van der Waals surface area contributed by atoms with Crippen LogP contribution in [0.15, 0.2) is 4.99 Å². The molecule has 0 aromatic carbocycles. The van der Waals surface area contributed by atoms with Crippen LogP contribution in [0, 0.1) is 0 Å². The third-order valence-electron chi connectivity index (χ3n) is 3.50.